The molecule has 0 spiro atoms. The number of nitrogens with two attached hydrogens (primary N) is 1. The number of rotatable bonds is 2. The van der Waals surface area contributed by atoms with Crippen molar-refractivity contribution >= 4 is 0 Å². The van der Waals surface area contributed by atoms with Crippen LogP contribution in [-0.2, 0) is 4.74 Å². The third-order valence-corrected chi connectivity index (χ3v) is 1.99. The van der Waals surface area contributed by atoms with Crippen molar-refractivity contribution in [3.63, 3.8) is 0 Å². The van der Waals surface area contributed by atoms with Gasteiger partial charge in [0, 0.05) is 13.2 Å². The van der Waals surface area contributed by atoms with Crippen LogP contribution in [0, 0.1) is 0 Å². The van der Waals surface area contributed by atoms with Gasteiger partial charge in [-0.2, -0.15) is 0 Å². The molecule has 3 heteroatoms. The third kappa shape index (κ3) is 1.67. The molecule has 2 nitrogen and oxygen atoms in total. The minimum absolute atomic E-state index is 0.0418. The zero-order chi connectivity index (χ0) is 7.61. The van der Waals surface area contributed by atoms with E-state index in [0.29, 0.717) is 12.8 Å². The Morgan fingerprint density at radius 1 is 1.80 bits per heavy atom. The van der Waals surface area contributed by atoms with Gasteiger partial charge in [0.1, 0.15) is 5.67 Å². The topological polar surface area (TPSA) is 35.2 Å². The van der Waals surface area contributed by atoms with Crippen LogP contribution in [0.3, 0.4) is 0 Å². The zero-order valence-electron chi connectivity index (χ0n) is 6.27. The second-order valence-electron chi connectivity index (χ2n) is 3.09. The van der Waals surface area contributed by atoms with Crippen LogP contribution in [0.5, 0.6) is 0 Å². The van der Waals surface area contributed by atoms with Crippen LogP contribution in [-0.4, -0.2) is 25.4 Å². The van der Waals surface area contributed by atoms with Crippen LogP contribution >= 0.6 is 0 Å². The standard InChI is InChI=1S/C7H14FNO/c1-10-5-7(8)3-2-6(9)4-7/h6H,2-5,9H2,1H3. The molecule has 1 fully saturated rings. The Kier molecular flexibility index (Phi) is 2.26. The van der Waals surface area contributed by atoms with Gasteiger partial charge in [0.05, 0.1) is 6.61 Å². The van der Waals surface area contributed by atoms with E-state index in [4.69, 9.17) is 10.5 Å². The van der Waals surface area contributed by atoms with E-state index in [2.05, 4.69) is 0 Å². The van der Waals surface area contributed by atoms with Gasteiger partial charge in [-0.05, 0) is 19.3 Å². The molecule has 60 valence electrons. The highest BCUT2D eigenvalue weighted by Crippen LogP contribution is 2.32. The third-order valence-electron chi connectivity index (χ3n) is 1.99. The molecule has 2 atom stereocenters. The van der Waals surface area contributed by atoms with E-state index in [1.165, 1.54) is 7.11 Å². The maximum absolute atomic E-state index is 13.4. The molecular formula is C7H14FNO. The van der Waals surface area contributed by atoms with E-state index >= 15 is 0 Å². The van der Waals surface area contributed by atoms with Gasteiger partial charge in [-0.1, -0.05) is 0 Å². The fourth-order valence-corrected chi connectivity index (χ4v) is 1.51. The van der Waals surface area contributed by atoms with Gasteiger partial charge >= 0.3 is 0 Å². The average Bonchev–Trinajstić information content (AvgIpc) is 2.12. The van der Waals surface area contributed by atoms with Crippen LogP contribution in [0.25, 0.3) is 0 Å². The second-order valence-corrected chi connectivity index (χ2v) is 3.09. The monoisotopic (exact) mass is 147 g/mol. The van der Waals surface area contributed by atoms with E-state index in [-0.39, 0.29) is 12.6 Å². The van der Waals surface area contributed by atoms with Gasteiger partial charge in [0.15, 0.2) is 0 Å². The largest absolute Gasteiger partial charge is 0.381 e. The van der Waals surface area contributed by atoms with Gasteiger partial charge in [-0.3, -0.25) is 0 Å². The summed E-state index contributed by atoms with van der Waals surface area (Å²) in [5.74, 6) is 0. The lowest BCUT2D eigenvalue weighted by molar-refractivity contribution is 0.0453. The Bertz CT molecular complexity index is 116. The smallest absolute Gasteiger partial charge is 0.135 e. The number of hydrogen-bond acceptors (Lipinski definition) is 2. The number of methoxy groups -OCH3 is 1. The fraction of sp³-hybridized carbons (Fsp3) is 1.00. The molecule has 2 N–H and O–H groups in total. The molecule has 0 aromatic heterocycles. The summed E-state index contributed by atoms with van der Waals surface area (Å²) in [7, 11) is 1.52. The first-order valence-electron chi connectivity index (χ1n) is 3.60. The maximum Gasteiger partial charge on any atom is 0.135 e. The van der Waals surface area contributed by atoms with E-state index in [1.54, 1.807) is 0 Å². The van der Waals surface area contributed by atoms with Crippen LogP contribution in [0.2, 0.25) is 0 Å². The Hall–Kier alpha value is -0.150. The van der Waals surface area contributed by atoms with Crippen molar-refractivity contribution in [3.8, 4) is 0 Å². The molecule has 0 aliphatic heterocycles. The second kappa shape index (κ2) is 2.84. The quantitative estimate of drug-likeness (QED) is 0.628. The summed E-state index contributed by atoms with van der Waals surface area (Å²) in [6, 6.07) is 0.0418. The Morgan fingerprint density at radius 2 is 2.50 bits per heavy atom. The number of hydrogen-bond donors (Lipinski definition) is 1. The zero-order valence-corrected chi connectivity index (χ0v) is 6.27. The summed E-state index contributed by atoms with van der Waals surface area (Å²) in [6.45, 7) is 0.195. The molecule has 0 bridgehead atoms. The molecule has 2 unspecified atom stereocenters. The van der Waals surface area contributed by atoms with Crippen molar-refractivity contribution in [3.05, 3.63) is 0 Å². The Balaban J connectivity index is 2.38. The molecular weight excluding hydrogens is 133 g/mol. The van der Waals surface area contributed by atoms with E-state index in [1.807, 2.05) is 0 Å². The molecule has 1 aliphatic rings. The normalized spacial score (nSPS) is 40.5. The van der Waals surface area contributed by atoms with Crippen LogP contribution < -0.4 is 5.73 Å². The van der Waals surface area contributed by atoms with Gasteiger partial charge in [-0.15, -0.1) is 0 Å². The molecule has 1 aliphatic carbocycles. The van der Waals surface area contributed by atoms with E-state index < -0.39 is 5.67 Å². The van der Waals surface area contributed by atoms with Gasteiger partial charge in [0.2, 0.25) is 0 Å². The van der Waals surface area contributed by atoms with Crippen molar-refractivity contribution < 1.29 is 9.13 Å². The van der Waals surface area contributed by atoms with Gasteiger partial charge in [-0.25, -0.2) is 4.39 Å². The van der Waals surface area contributed by atoms with Crippen molar-refractivity contribution in [1.29, 1.82) is 0 Å². The predicted molar refractivity (Wildman–Crippen MR) is 37.5 cm³/mol. The molecule has 0 saturated heterocycles. The van der Waals surface area contributed by atoms with Gasteiger partial charge < -0.3 is 10.5 Å². The maximum atomic E-state index is 13.4. The van der Waals surface area contributed by atoms with Crippen molar-refractivity contribution in [1.82, 2.24) is 0 Å². The number of alkyl halides is 1. The molecule has 0 heterocycles. The summed E-state index contributed by atoms with van der Waals surface area (Å²) in [5.41, 5.74) is 4.41. The highest BCUT2D eigenvalue weighted by Gasteiger charge is 2.37. The predicted octanol–water partition coefficient (Wildman–Crippen LogP) is 0.852. The summed E-state index contributed by atoms with van der Waals surface area (Å²) in [4.78, 5) is 0. The highest BCUT2D eigenvalue weighted by molar-refractivity contribution is 4.91. The first-order valence-corrected chi connectivity index (χ1v) is 3.60. The van der Waals surface area contributed by atoms with E-state index in [9.17, 15) is 4.39 Å². The van der Waals surface area contributed by atoms with Crippen molar-refractivity contribution in [2.45, 2.75) is 31.0 Å². The SMILES string of the molecule is COCC1(F)CCC(N)C1. The minimum atomic E-state index is -1.13. The molecule has 0 radical (unpaired) electrons. The molecule has 10 heavy (non-hydrogen) atoms. The molecule has 0 amide bonds. The first-order chi connectivity index (χ1) is 4.66. The Morgan fingerprint density at radius 3 is 2.90 bits per heavy atom. The molecule has 0 aromatic carbocycles. The number of ether oxygens (including phenoxy) is 1. The lowest BCUT2D eigenvalue weighted by Gasteiger charge is -2.17. The molecule has 1 saturated carbocycles. The number of halogens is 1. The molecule has 0 aromatic rings. The highest BCUT2D eigenvalue weighted by atomic mass is 19.1. The van der Waals surface area contributed by atoms with Crippen LogP contribution in [0.4, 0.5) is 4.39 Å². The average molecular weight is 147 g/mol. The first kappa shape index (κ1) is 7.95. The van der Waals surface area contributed by atoms with Crippen LogP contribution in [0.15, 0.2) is 0 Å². The van der Waals surface area contributed by atoms with Gasteiger partial charge in [0.25, 0.3) is 0 Å². The Labute approximate surface area is 60.5 Å². The summed E-state index contributed by atoms with van der Waals surface area (Å²) in [5, 5.41) is 0. The lowest BCUT2D eigenvalue weighted by atomic mass is 10.1. The molecule has 1 rings (SSSR count). The van der Waals surface area contributed by atoms with Crippen molar-refractivity contribution in [2.24, 2.45) is 5.73 Å². The summed E-state index contributed by atoms with van der Waals surface area (Å²) in [6.07, 6.45) is 1.81. The van der Waals surface area contributed by atoms with Crippen molar-refractivity contribution in [2.75, 3.05) is 13.7 Å². The summed E-state index contributed by atoms with van der Waals surface area (Å²) < 4.78 is 18.1. The summed E-state index contributed by atoms with van der Waals surface area (Å²) >= 11 is 0. The minimum Gasteiger partial charge on any atom is -0.381 e. The van der Waals surface area contributed by atoms with Crippen LogP contribution in [0.1, 0.15) is 19.3 Å². The fourth-order valence-electron chi connectivity index (χ4n) is 1.51. The van der Waals surface area contributed by atoms with E-state index in [0.717, 1.165) is 6.42 Å². The lowest BCUT2D eigenvalue weighted by Crippen LogP contribution is -2.27.